The molecule has 132 valence electrons. The number of carbonyl (C=O) groups is 2. The normalized spacial score (nSPS) is 16.4. The highest BCUT2D eigenvalue weighted by Gasteiger charge is 2.25. The van der Waals surface area contributed by atoms with E-state index in [0.29, 0.717) is 0 Å². The van der Waals surface area contributed by atoms with E-state index in [-0.39, 0.29) is 18.0 Å². The number of carbonyl (C=O) groups excluding carboxylic acids is 1. The van der Waals surface area contributed by atoms with Crippen LogP contribution in [-0.4, -0.2) is 34.3 Å². The summed E-state index contributed by atoms with van der Waals surface area (Å²) in [5, 5.41) is 22.8. The standard InChI is InChI=1S/C16H20F2N2O4/c17-11-6-9(7-12(18)14(11)21)8-13(20-16(23)24)15(22)19-10-4-2-1-3-5-10/h6-7,10,13,20-21H,1-5,8H2,(H,19,22)(H,23,24). The Hall–Kier alpha value is -2.38. The lowest BCUT2D eigenvalue weighted by atomic mass is 9.95. The molecule has 4 N–H and O–H groups in total. The van der Waals surface area contributed by atoms with Crippen LogP contribution < -0.4 is 10.6 Å². The molecule has 24 heavy (non-hydrogen) atoms. The molecule has 0 aromatic heterocycles. The second-order valence-corrected chi connectivity index (χ2v) is 5.96. The molecule has 1 saturated carbocycles. The number of amides is 2. The minimum Gasteiger partial charge on any atom is -0.503 e. The lowest BCUT2D eigenvalue weighted by Gasteiger charge is -2.25. The fraction of sp³-hybridized carbons (Fsp3) is 0.500. The Kier molecular flexibility index (Phi) is 5.94. The highest BCUT2D eigenvalue weighted by atomic mass is 19.1. The summed E-state index contributed by atoms with van der Waals surface area (Å²) in [6, 6.07) is 0.566. The van der Waals surface area contributed by atoms with Crippen molar-refractivity contribution >= 4 is 12.0 Å². The van der Waals surface area contributed by atoms with Gasteiger partial charge >= 0.3 is 6.09 Å². The minimum atomic E-state index is -1.40. The van der Waals surface area contributed by atoms with E-state index in [9.17, 15) is 18.4 Å². The Morgan fingerprint density at radius 1 is 1.17 bits per heavy atom. The molecule has 8 heteroatoms. The van der Waals surface area contributed by atoms with E-state index < -0.39 is 35.4 Å². The van der Waals surface area contributed by atoms with Crippen molar-refractivity contribution in [2.75, 3.05) is 0 Å². The first-order valence-electron chi connectivity index (χ1n) is 7.83. The van der Waals surface area contributed by atoms with Crippen molar-refractivity contribution in [1.82, 2.24) is 10.6 Å². The van der Waals surface area contributed by atoms with Gasteiger partial charge in [-0.25, -0.2) is 13.6 Å². The van der Waals surface area contributed by atoms with Crippen LogP contribution in [0.25, 0.3) is 0 Å². The molecule has 2 rings (SSSR count). The lowest BCUT2D eigenvalue weighted by Crippen LogP contribution is -2.50. The molecule has 0 spiro atoms. The van der Waals surface area contributed by atoms with Crippen LogP contribution in [0.1, 0.15) is 37.7 Å². The monoisotopic (exact) mass is 342 g/mol. The maximum atomic E-state index is 13.4. The fourth-order valence-corrected chi connectivity index (χ4v) is 2.88. The smallest absolute Gasteiger partial charge is 0.405 e. The molecular formula is C16H20F2N2O4. The van der Waals surface area contributed by atoms with Gasteiger partial charge in [-0.05, 0) is 30.5 Å². The first kappa shape index (κ1) is 18.0. The molecule has 6 nitrogen and oxygen atoms in total. The minimum absolute atomic E-state index is 0.0161. The van der Waals surface area contributed by atoms with Crippen molar-refractivity contribution in [3.8, 4) is 5.75 Å². The van der Waals surface area contributed by atoms with Gasteiger partial charge in [-0.1, -0.05) is 19.3 Å². The Bertz CT molecular complexity index is 595. The summed E-state index contributed by atoms with van der Waals surface area (Å²) in [4.78, 5) is 23.2. The number of hydrogen-bond acceptors (Lipinski definition) is 3. The zero-order valence-corrected chi connectivity index (χ0v) is 13.0. The summed E-state index contributed by atoms with van der Waals surface area (Å²) in [7, 11) is 0. The average Bonchev–Trinajstić information content (AvgIpc) is 2.52. The molecular weight excluding hydrogens is 322 g/mol. The molecule has 0 radical (unpaired) electrons. The lowest BCUT2D eigenvalue weighted by molar-refractivity contribution is -0.123. The number of halogens is 2. The second-order valence-electron chi connectivity index (χ2n) is 5.96. The Morgan fingerprint density at radius 2 is 1.75 bits per heavy atom. The van der Waals surface area contributed by atoms with Crippen LogP contribution in [-0.2, 0) is 11.2 Å². The number of benzene rings is 1. The van der Waals surface area contributed by atoms with E-state index in [1.54, 1.807) is 0 Å². The first-order valence-corrected chi connectivity index (χ1v) is 7.83. The summed E-state index contributed by atoms with van der Waals surface area (Å²) in [5.41, 5.74) is 0.0698. The summed E-state index contributed by atoms with van der Waals surface area (Å²) in [5.74, 6) is -3.95. The molecule has 0 saturated heterocycles. The van der Waals surface area contributed by atoms with Gasteiger partial charge in [0.2, 0.25) is 5.91 Å². The number of rotatable bonds is 5. The third-order valence-electron chi connectivity index (χ3n) is 4.08. The summed E-state index contributed by atoms with van der Waals surface area (Å²) >= 11 is 0. The van der Waals surface area contributed by atoms with Gasteiger partial charge in [0.05, 0.1) is 0 Å². The highest BCUT2D eigenvalue weighted by molar-refractivity contribution is 5.85. The van der Waals surface area contributed by atoms with E-state index >= 15 is 0 Å². The maximum Gasteiger partial charge on any atom is 0.405 e. The predicted molar refractivity (Wildman–Crippen MR) is 81.7 cm³/mol. The quantitative estimate of drug-likeness (QED) is 0.660. The molecule has 1 aliphatic rings. The summed E-state index contributed by atoms with van der Waals surface area (Å²) in [6.45, 7) is 0. The van der Waals surface area contributed by atoms with E-state index in [1.165, 1.54) is 0 Å². The van der Waals surface area contributed by atoms with E-state index in [4.69, 9.17) is 10.2 Å². The Labute approximate surface area is 137 Å². The number of phenolic OH excluding ortho intramolecular Hbond substituents is 1. The van der Waals surface area contributed by atoms with E-state index in [0.717, 1.165) is 44.2 Å². The molecule has 0 aliphatic heterocycles. The van der Waals surface area contributed by atoms with Crippen molar-refractivity contribution in [3.63, 3.8) is 0 Å². The van der Waals surface area contributed by atoms with E-state index in [1.807, 2.05) is 0 Å². The molecule has 0 heterocycles. The van der Waals surface area contributed by atoms with Crippen LogP contribution in [0.3, 0.4) is 0 Å². The van der Waals surface area contributed by atoms with Crippen molar-refractivity contribution in [2.45, 2.75) is 50.6 Å². The van der Waals surface area contributed by atoms with Gasteiger partial charge in [-0.3, -0.25) is 4.79 Å². The second kappa shape index (κ2) is 7.94. The van der Waals surface area contributed by atoms with Gasteiger partial charge < -0.3 is 20.8 Å². The van der Waals surface area contributed by atoms with Crippen molar-refractivity contribution in [1.29, 1.82) is 0 Å². The first-order chi connectivity index (χ1) is 11.4. The van der Waals surface area contributed by atoms with Crippen LogP contribution in [0.5, 0.6) is 5.75 Å². The zero-order valence-electron chi connectivity index (χ0n) is 13.0. The number of carboxylic acid groups (broad SMARTS) is 1. The highest BCUT2D eigenvalue weighted by Crippen LogP contribution is 2.22. The molecule has 1 aromatic carbocycles. The van der Waals surface area contributed by atoms with Gasteiger partial charge in [0.25, 0.3) is 0 Å². The van der Waals surface area contributed by atoms with Crippen LogP contribution in [0, 0.1) is 11.6 Å². The van der Waals surface area contributed by atoms with Crippen molar-refractivity contribution < 1.29 is 28.6 Å². The Balaban J connectivity index is 2.09. The fourth-order valence-electron chi connectivity index (χ4n) is 2.88. The SMILES string of the molecule is O=C(O)NC(Cc1cc(F)c(O)c(F)c1)C(=O)NC1CCCCC1. The summed E-state index contributed by atoms with van der Waals surface area (Å²) in [6.07, 6.45) is 3.13. The molecule has 2 amide bonds. The third kappa shape index (κ3) is 4.81. The van der Waals surface area contributed by atoms with Gasteiger partial charge in [0.1, 0.15) is 6.04 Å². The van der Waals surface area contributed by atoms with E-state index in [2.05, 4.69) is 10.6 Å². The van der Waals surface area contributed by atoms with Crippen LogP contribution in [0.4, 0.5) is 13.6 Å². The van der Waals surface area contributed by atoms with Gasteiger partial charge in [-0.15, -0.1) is 0 Å². The van der Waals surface area contributed by atoms with Gasteiger partial charge in [0.15, 0.2) is 17.4 Å². The number of hydrogen-bond donors (Lipinski definition) is 4. The molecule has 1 atom stereocenters. The summed E-state index contributed by atoms with van der Waals surface area (Å²) < 4.78 is 26.8. The molecule has 0 bridgehead atoms. The number of phenols is 1. The van der Waals surface area contributed by atoms with Crippen molar-refractivity contribution in [3.05, 3.63) is 29.3 Å². The zero-order chi connectivity index (χ0) is 17.7. The Morgan fingerprint density at radius 3 is 2.29 bits per heavy atom. The largest absolute Gasteiger partial charge is 0.503 e. The van der Waals surface area contributed by atoms with Gasteiger partial charge in [-0.2, -0.15) is 0 Å². The predicted octanol–water partition coefficient (Wildman–Crippen LogP) is 2.30. The topological polar surface area (TPSA) is 98.7 Å². The molecule has 1 unspecified atom stereocenters. The molecule has 1 fully saturated rings. The third-order valence-corrected chi connectivity index (χ3v) is 4.08. The molecule has 1 aromatic rings. The van der Waals surface area contributed by atoms with Crippen LogP contribution in [0.15, 0.2) is 12.1 Å². The maximum absolute atomic E-state index is 13.4. The number of nitrogens with one attached hydrogen (secondary N) is 2. The van der Waals surface area contributed by atoms with Crippen molar-refractivity contribution in [2.24, 2.45) is 0 Å². The number of aromatic hydroxyl groups is 1. The molecule has 1 aliphatic carbocycles. The average molecular weight is 342 g/mol. The van der Waals surface area contributed by atoms with Crippen LogP contribution >= 0.6 is 0 Å². The van der Waals surface area contributed by atoms with Crippen LogP contribution in [0.2, 0.25) is 0 Å². The van der Waals surface area contributed by atoms with Gasteiger partial charge in [0, 0.05) is 12.5 Å².